The summed E-state index contributed by atoms with van der Waals surface area (Å²) < 4.78 is 0. The second kappa shape index (κ2) is 4.56. The predicted molar refractivity (Wildman–Crippen MR) is 70.3 cm³/mol. The van der Waals surface area contributed by atoms with Crippen LogP contribution in [0.15, 0.2) is 36.8 Å². The van der Waals surface area contributed by atoms with Gasteiger partial charge in [0.05, 0.1) is 6.20 Å². The van der Waals surface area contributed by atoms with Crippen molar-refractivity contribution in [3.05, 3.63) is 53.7 Å². The molecule has 4 heteroatoms. The van der Waals surface area contributed by atoms with E-state index >= 15 is 0 Å². The quantitative estimate of drug-likeness (QED) is 0.762. The number of fused-ring (bicyclic) bond motifs is 1. The summed E-state index contributed by atoms with van der Waals surface area (Å²) in [4.78, 5) is 15.8. The maximum atomic E-state index is 4.44. The summed E-state index contributed by atoms with van der Waals surface area (Å²) in [5, 5.41) is 0. The summed E-state index contributed by atoms with van der Waals surface area (Å²) >= 11 is 0. The maximum Gasteiger partial charge on any atom is 0.180 e. The van der Waals surface area contributed by atoms with E-state index in [0.29, 0.717) is 0 Å². The molecule has 3 aromatic rings. The second-order valence-corrected chi connectivity index (χ2v) is 4.43. The fourth-order valence-electron chi connectivity index (χ4n) is 2.06. The molecule has 0 atom stereocenters. The minimum absolute atomic E-state index is 0.740. The van der Waals surface area contributed by atoms with Crippen LogP contribution in [0.2, 0.25) is 0 Å². The molecule has 0 spiro atoms. The molecule has 0 fully saturated rings. The molecule has 18 heavy (non-hydrogen) atoms. The van der Waals surface area contributed by atoms with Crippen molar-refractivity contribution in [1.82, 2.24) is 19.9 Å². The van der Waals surface area contributed by atoms with E-state index in [1.807, 2.05) is 0 Å². The van der Waals surface area contributed by atoms with Gasteiger partial charge in [-0.25, -0.2) is 15.0 Å². The third kappa shape index (κ3) is 2.22. The van der Waals surface area contributed by atoms with E-state index in [1.54, 1.807) is 6.20 Å². The van der Waals surface area contributed by atoms with E-state index in [0.717, 1.165) is 29.8 Å². The van der Waals surface area contributed by atoms with E-state index in [1.165, 1.54) is 17.5 Å². The molecule has 0 saturated carbocycles. The molecule has 3 rings (SSSR count). The summed E-state index contributed by atoms with van der Waals surface area (Å²) in [6.45, 7) is 2.11. The Labute approximate surface area is 105 Å². The van der Waals surface area contributed by atoms with Crippen LogP contribution in [0.1, 0.15) is 17.0 Å². The number of imidazole rings is 1. The molecule has 0 saturated heterocycles. The van der Waals surface area contributed by atoms with Crippen LogP contribution in [0.25, 0.3) is 11.2 Å². The molecule has 0 radical (unpaired) electrons. The highest BCUT2D eigenvalue weighted by atomic mass is 15.0. The minimum Gasteiger partial charge on any atom is -0.339 e. The third-order valence-electron chi connectivity index (χ3n) is 2.94. The summed E-state index contributed by atoms with van der Waals surface area (Å²) in [5.41, 5.74) is 4.27. The maximum absolute atomic E-state index is 4.44. The van der Waals surface area contributed by atoms with Crippen molar-refractivity contribution in [3.63, 3.8) is 0 Å². The van der Waals surface area contributed by atoms with Crippen molar-refractivity contribution < 1.29 is 0 Å². The highest BCUT2D eigenvalue weighted by Crippen LogP contribution is 2.10. The number of hydrogen-bond donors (Lipinski definition) is 1. The van der Waals surface area contributed by atoms with Gasteiger partial charge in [-0.15, -0.1) is 0 Å². The molecule has 1 N–H and O–H groups in total. The largest absolute Gasteiger partial charge is 0.339 e. The number of hydrogen-bond acceptors (Lipinski definition) is 3. The van der Waals surface area contributed by atoms with Gasteiger partial charge in [0, 0.05) is 6.42 Å². The summed E-state index contributed by atoms with van der Waals surface area (Å²) in [6.07, 6.45) is 5.15. The van der Waals surface area contributed by atoms with Gasteiger partial charge in [-0.3, -0.25) is 0 Å². The lowest BCUT2D eigenvalue weighted by molar-refractivity contribution is 0.888. The van der Waals surface area contributed by atoms with Crippen molar-refractivity contribution >= 4 is 11.2 Å². The van der Waals surface area contributed by atoms with E-state index in [2.05, 4.69) is 51.1 Å². The topological polar surface area (TPSA) is 54.5 Å². The number of aromatic amines is 1. The van der Waals surface area contributed by atoms with Gasteiger partial charge >= 0.3 is 0 Å². The standard InChI is InChI=1S/C14H14N4/c1-10-3-2-4-11(7-10)5-6-13-17-12-8-15-9-16-14(12)18-13/h2-4,7-9H,5-6H2,1H3,(H,15,16,17,18). The molecule has 0 aliphatic heterocycles. The van der Waals surface area contributed by atoms with E-state index in [-0.39, 0.29) is 0 Å². The lowest BCUT2D eigenvalue weighted by atomic mass is 10.1. The molecule has 2 aromatic heterocycles. The highest BCUT2D eigenvalue weighted by Gasteiger charge is 2.03. The van der Waals surface area contributed by atoms with Gasteiger partial charge in [-0.05, 0) is 18.9 Å². The Morgan fingerprint density at radius 2 is 2.17 bits per heavy atom. The van der Waals surface area contributed by atoms with Gasteiger partial charge in [0.2, 0.25) is 0 Å². The Hall–Kier alpha value is -2.23. The zero-order valence-electron chi connectivity index (χ0n) is 10.2. The number of aromatic nitrogens is 4. The van der Waals surface area contributed by atoms with Crippen LogP contribution in [0.4, 0.5) is 0 Å². The summed E-state index contributed by atoms with van der Waals surface area (Å²) in [7, 11) is 0. The van der Waals surface area contributed by atoms with E-state index in [4.69, 9.17) is 0 Å². The average Bonchev–Trinajstić information content (AvgIpc) is 2.79. The average molecular weight is 238 g/mol. The Bertz CT molecular complexity index is 639. The number of benzene rings is 1. The number of rotatable bonds is 3. The van der Waals surface area contributed by atoms with E-state index in [9.17, 15) is 0 Å². The summed E-state index contributed by atoms with van der Waals surface area (Å²) in [5.74, 6) is 0.965. The molecule has 90 valence electrons. The number of H-pyrrole nitrogens is 1. The SMILES string of the molecule is Cc1cccc(CCc2nc3ncncc3[nH]2)c1. The van der Waals surface area contributed by atoms with Gasteiger partial charge < -0.3 is 4.98 Å². The third-order valence-corrected chi connectivity index (χ3v) is 2.94. The predicted octanol–water partition coefficient (Wildman–Crippen LogP) is 2.45. The van der Waals surface area contributed by atoms with Crippen molar-refractivity contribution in [2.45, 2.75) is 19.8 Å². The molecular formula is C14H14N4. The van der Waals surface area contributed by atoms with Gasteiger partial charge in [0.15, 0.2) is 5.65 Å². The first-order valence-electron chi connectivity index (χ1n) is 6.01. The molecular weight excluding hydrogens is 224 g/mol. The lowest BCUT2D eigenvalue weighted by Crippen LogP contribution is -1.93. The molecule has 4 nitrogen and oxygen atoms in total. The fourth-order valence-corrected chi connectivity index (χ4v) is 2.06. The molecule has 0 aliphatic rings. The highest BCUT2D eigenvalue weighted by molar-refractivity contribution is 5.68. The van der Waals surface area contributed by atoms with Crippen LogP contribution in [0.5, 0.6) is 0 Å². The first kappa shape index (κ1) is 10.9. The van der Waals surface area contributed by atoms with Gasteiger partial charge in [0.1, 0.15) is 17.7 Å². The van der Waals surface area contributed by atoms with E-state index < -0.39 is 0 Å². The smallest absolute Gasteiger partial charge is 0.180 e. The Morgan fingerprint density at radius 1 is 1.22 bits per heavy atom. The first-order valence-corrected chi connectivity index (χ1v) is 6.01. The van der Waals surface area contributed by atoms with Gasteiger partial charge in [0.25, 0.3) is 0 Å². The van der Waals surface area contributed by atoms with Crippen LogP contribution in [0.3, 0.4) is 0 Å². The molecule has 0 unspecified atom stereocenters. The Kier molecular flexibility index (Phi) is 2.76. The van der Waals surface area contributed by atoms with Crippen molar-refractivity contribution in [1.29, 1.82) is 0 Å². The minimum atomic E-state index is 0.740. The van der Waals surface area contributed by atoms with Crippen LogP contribution in [-0.4, -0.2) is 19.9 Å². The van der Waals surface area contributed by atoms with Crippen molar-refractivity contribution in [3.8, 4) is 0 Å². The van der Waals surface area contributed by atoms with Crippen LogP contribution < -0.4 is 0 Å². The first-order chi connectivity index (χ1) is 8.81. The van der Waals surface area contributed by atoms with Crippen LogP contribution in [0, 0.1) is 6.92 Å². The fraction of sp³-hybridized carbons (Fsp3) is 0.214. The van der Waals surface area contributed by atoms with Crippen molar-refractivity contribution in [2.75, 3.05) is 0 Å². The zero-order chi connectivity index (χ0) is 12.4. The molecule has 0 bridgehead atoms. The molecule has 0 amide bonds. The number of nitrogens with one attached hydrogen (secondary N) is 1. The second-order valence-electron chi connectivity index (χ2n) is 4.43. The zero-order valence-corrected chi connectivity index (χ0v) is 10.2. The molecule has 1 aromatic carbocycles. The number of aryl methyl sites for hydroxylation is 3. The van der Waals surface area contributed by atoms with Crippen LogP contribution >= 0.6 is 0 Å². The molecule has 0 aliphatic carbocycles. The summed E-state index contributed by atoms with van der Waals surface area (Å²) in [6, 6.07) is 8.56. The van der Waals surface area contributed by atoms with Gasteiger partial charge in [-0.2, -0.15) is 0 Å². The monoisotopic (exact) mass is 238 g/mol. The van der Waals surface area contributed by atoms with Crippen molar-refractivity contribution in [2.24, 2.45) is 0 Å². The lowest BCUT2D eigenvalue weighted by Gasteiger charge is -2.00. The normalized spacial score (nSPS) is 10.9. The molecule has 2 heterocycles. The Balaban J connectivity index is 1.76. The Morgan fingerprint density at radius 3 is 3.00 bits per heavy atom. The van der Waals surface area contributed by atoms with Gasteiger partial charge in [-0.1, -0.05) is 29.8 Å². The van der Waals surface area contributed by atoms with Crippen LogP contribution in [-0.2, 0) is 12.8 Å². The number of nitrogens with zero attached hydrogens (tertiary/aromatic N) is 3.